The fraction of sp³-hybridized carbons (Fsp3) is 1.00. The molecule has 0 aromatic carbocycles. The van der Waals surface area contributed by atoms with Crippen molar-refractivity contribution in [2.75, 3.05) is 6.61 Å². The molecule has 0 saturated heterocycles. The Hall–Kier alpha value is 0.792. The van der Waals surface area contributed by atoms with Crippen molar-refractivity contribution in [1.29, 1.82) is 0 Å². The van der Waals surface area contributed by atoms with Gasteiger partial charge in [0.25, 0.3) is 0 Å². The monoisotopic (exact) mass is 470 g/mol. The summed E-state index contributed by atoms with van der Waals surface area (Å²) >= 11 is -0.0345. The van der Waals surface area contributed by atoms with Crippen LogP contribution in [0, 0.1) is 0 Å². The van der Waals surface area contributed by atoms with Crippen molar-refractivity contribution in [2.24, 2.45) is 0 Å². The van der Waals surface area contributed by atoms with Gasteiger partial charge in [-0.25, -0.2) is 0 Å². The fourth-order valence-corrected chi connectivity index (χ4v) is 2.80. The predicted octanol–water partition coefficient (Wildman–Crippen LogP) is 3.27. The third-order valence-electron chi connectivity index (χ3n) is 2.84. The Balaban J connectivity index is 3.12. The number of hydrogen-bond donors (Lipinski definition) is 0. The van der Waals surface area contributed by atoms with Crippen LogP contribution < -0.4 is 0 Å². The van der Waals surface area contributed by atoms with Crippen molar-refractivity contribution >= 4 is 36.6 Å². The third-order valence-corrected chi connectivity index (χ3v) is 6.28. The van der Waals surface area contributed by atoms with E-state index in [2.05, 4.69) is 13.2 Å². The zero-order valence-electron chi connectivity index (χ0n) is 11.4. The molecule has 0 spiro atoms. The van der Waals surface area contributed by atoms with E-state index in [1.165, 1.54) is 51.4 Å². The maximum absolute atomic E-state index is 10.9. The molecule has 0 saturated carbocycles. The second kappa shape index (κ2) is 12.8. The van der Waals surface area contributed by atoms with Crippen LogP contribution in [-0.2, 0) is 16.7 Å². The average molecular weight is 470 g/mol. The summed E-state index contributed by atoms with van der Waals surface area (Å²) in [6.45, 7) is 2.49. The molecule has 0 atom stereocenters. The molecule has 0 amide bonds. The summed E-state index contributed by atoms with van der Waals surface area (Å²) in [4.78, 5) is 0. The molecule has 0 fully saturated rings. The van der Waals surface area contributed by atoms with E-state index in [0.29, 0.717) is 0 Å². The molecule has 0 heterocycles. The van der Waals surface area contributed by atoms with E-state index in [-0.39, 0.29) is 32.8 Å². The summed E-state index contributed by atoms with van der Waals surface area (Å²) in [5, 5.41) is 0. The van der Waals surface area contributed by atoms with Crippen molar-refractivity contribution in [3.8, 4) is 0 Å². The van der Waals surface area contributed by atoms with E-state index in [1.807, 2.05) is 0 Å². The topological polar surface area (TPSA) is 52.6 Å². The molecule has 0 aliphatic rings. The average Bonchev–Trinajstić information content (AvgIpc) is 2.36. The minimum atomic E-state index is -3.66. The van der Waals surface area contributed by atoms with Crippen LogP contribution in [0.25, 0.3) is 0 Å². The van der Waals surface area contributed by atoms with Crippen LogP contribution in [0.15, 0.2) is 0 Å². The summed E-state index contributed by atoms with van der Waals surface area (Å²) in [5.74, 6) is 0. The standard InChI is InChI=1S/C12H26O4S.Tl/c1-2-3-4-5-6-7-8-9-10-11-12-16-17(13,14)15;/h2-12H2,1H3,(H,13,14,15);/q;+1/p-1. The summed E-state index contributed by atoms with van der Waals surface area (Å²) < 4.78 is 30.7. The first-order valence-electron chi connectivity index (χ1n) is 6.90. The quantitative estimate of drug-likeness (QED) is 0.307. The molecular formula is C12H25O4STl. The van der Waals surface area contributed by atoms with E-state index < -0.39 is 10.4 Å². The molecule has 0 aromatic rings. The minimum absolute atomic E-state index is 0.0345. The van der Waals surface area contributed by atoms with Gasteiger partial charge in [-0.2, -0.15) is 0 Å². The molecule has 0 aliphatic heterocycles. The van der Waals surface area contributed by atoms with Crippen molar-refractivity contribution in [2.45, 2.75) is 71.1 Å². The van der Waals surface area contributed by atoms with Crippen LogP contribution in [0.1, 0.15) is 71.1 Å². The Bertz CT molecular complexity index is 267. The van der Waals surface area contributed by atoms with Crippen LogP contribution in [0.5, 0.6) is 0 Å². The number of unbranched alkanes of at least 4 members (excludes halogenated alkanes) is 9. The second-order valence-corrected chi connectivity index (χ2v) is 8.00. The number of hydrogen-bond acceptors (Lipinski definition) is 4. The Labute approximate surface area is 128 Å². The molecule has 0 aromatic heterocycles. The molecule has 18 heavy (non-hydrogen) atoms. The zero-order valence-corrected chi connectivity index (χ0v) is 16.7. The van der Waals surface area contributed by atoms with Gasteiger partial charge < -0.3 is 0 Å². The van der Waals surface area contributed by atoms with Gasteiger partial charge in [0.2, 0.25) is 0 Å². The molecule has 0 bridgehead atoms. The Morgan fingerprint density at radius 3 is 1.72 bits per heavy atom. The fourth-order valence-electron chi connectivity index (χ4n) is 1.78. The summed E-state index contributed by atoms with van der Waals surface area (Å²) in [6.07, 6.45) is 12.3. The van der Waals surface area contributed by atoms with Gasteiger partial charge in [0.1, 0.15) is 0 Å². The molecule has 4 nitrogen and oxygen atoms in total. The molecule has 6 heteroatoms. The van der Waals surface area contributed by atoms with Crippen molar-refractivity contribution < 1.29 is 14.7 Å². The van der Waals surface area contributed by atoms with E-state index in [4.69, 9.17) is 0 Å². The van der Waals surface area contributed by atoms with E-state index in [1.54, 1.807) is 0 Å². The van der Waals surface area contributed by atoms with Gasteiger partial charge in [-0.1, -0.05) is 19.8 Å². The number of rotatable bonds is 13. The van der Waals surface area contributed by atoms with Gasteiger partial charge in [0.05, 0.1) is 0 Å². The Morgan fingerprint density at radius 2 is 1.28 bits per heavy atom. The first-order valence-corrected chi connectivity index (χ1v) is 10.1. The van der Waals surface area contributed by atoms with Gasteiger partial charge in [-0.15, -0.1) is 0 Å². The van der Waals surface area contributed by atoms with Gasteiger partial charge in [0, 0.05) is 0 Å². The first kappa shape index (κ1) is 18.8. The van der Waals surface area contributed by atoms with Crippen LogP contribution in [0.3, 0.4) is 0 Å². The second-order valence-electron chi connectivity index (χ2n) is 4.51. The Morgan fingerprint density at radius 1 is 0.833 bits per heavy atom. The molecule has 0 aliphatic carbocycles. The van der Waals surface area contributed by atoms with Gasteiger partial charge in [-0.05, 0) is 0 Å². The van der Waals surface area contributed by atoms with E-state index >= 15 is 0 Å². The van der Waals surface area contributed by atoms with Crippen LogP contribution in [0.4, 0.5) is 0 Å². The zero-order chi connectivity index (χ0) is 13.7. The molecule has 0 unspecified atom stereocenters. The van der Waals surface area contributed by atoms with Crippen LogP contribution in [-0.4, -0.2) is 41.2 Å². The summed E-state index contributed by atoms with van der Waals surface area (Å²) in [7, 11) is -3.66. The van der Waals surface area contributed by atoms with Crippen molar-refractivity contribution in [1.82, 2.24) is 0 Å². The van der Waals surface area contributed by atoms with E-state index in [9.17, 15) is 8.42 Å². The first-order chi connectivity index (χ1) is 8.62. The predicted molar refractivity (Wildman–Crippen MR) is 73.6 cm³/mol. The molecule has 106 valence electrons. The normalized spacial score (nSPS) is 11.8. The van der Waals surface area contributed by atoms with Crippen molar-refractivity contribution in [3.05, 3.63) is 0 Å². The SMILES string of the molecule is CCCCCCCCCCCCOS(=O)(=O)[O][Tl]. The Kier molecular flexibility index (Phi) is 13.4. The van der Waals surface area contributed by atoms with Crippen molar-refractivity contribution in [3.63, 3.8) is 0 Å². The van der Waals surface area contributed by atoms with E-state index in [0.717, 1.165) is 12.8 Å². The molecule has 0 radical (unpaired) electrons. The molecule has 0 N–H and O–H groups in total. The van der Waals surface area contributed by atoms with Gasteiger partial charge >= 0.3 is 109 Å². The van der Waals surface area contributed by atoms with Gasteiger partial charge in [0.15, 0.2) is 0 Å². The molecular weight excluding hydrogens is 445 g/mol. The maximum atomic E-state index is 10.9. The summed E-state index contributed by atoms with van der Waals surface area (Å²) in [6, 6.07) is 0. The third kappa shape index (κ3) is 13.2. The van der Waals surface area contributed by atoms with Gasteiger partial charge in [-0.3, -0.25) is 0 Å². The van der Waals surface area contributed by atoms with Crippen LogP contribution >= 0.6 is 0 Å². The van der Waals surface area contributed by atoms with Crippen LogP contribution in [0.2, 0.25) is 0 Å². The summed E-state index contributed by atoms with van der Waals surface area (Å²) in [5.41, 5.74) is 0. The molecule has 0 rings (SSSR count).